The van der Waals surface area contributed by atoms with Crippen molar-refractivity contribution >= 4 is 9.84 Å². The molecule has 0 spiro atoms. The molecule has 0 aliphatic heterocycles. The zero-order valence-electron chi connectivity index (χ0n) is 11.5. The topological polar surface area (TPSA) is 72.2 Å². The highest BCUT2D eigenvalue weighted by atomic mass is 32.2. The molecule has 4 nitrogen and oxygen atoms in total. The number of nitrogens with one attached hydrogen (secondary N) is 1. The summed E-state index contributed by atoms with van der Waals surface area (Å²) in [6, 6.07) is 6.06. The van der Waals surface area contributed by atoms with E-state index in [2.05, 4.69) is 5.43 Å². The fourth-order valence-electron chi connectivity index (χ4n) is 3.05. The second-order valence-electron chi connectivity index (χ2n) is 5.57. The van der Waals surface area contributed by atoms with Crippen LogP contribution in [0.2, 0.25) is 0 Å². The molecule has 3 N–H and O–H groups in total. The number of benzene rings is 1. The van der Waals surface area contributed by atoms with Crippen molar-refractivity contribution in [3.05, 3.63) is 35.6 Å². The Labute approximate surface area is 119 Å². The van der Waals surface area contributed by atoms with Gasteiger partial charge in [0.05, 0.1) is 5.25 Å². The van der Waals surface area contributed by atoms with E-state index in [4.69, 9.17) is 5.84 Å². The monoisotopic (exact) mass is 300 g/mol. The quantitative estimate of drug-likeness (QED) is 0.658. The van der Waals surface area contributed by atoms with E-state index in [9.17, 15) is 12.8 Å². The molecule has 0 saturated heterocycles. The minimum absolute atomic E-state index is 0.139. The van der Waals surface area contributed by atoms with Crippen LogP contribution >= 0.6 is 0 Å². The minimum Gasteiger partial charge on any atom is -0.271 e. The molecular weight excluding hydrogens is 279 g/mol. The lowest BCUT2D eigenvalue weighted by molar-refractivity contribution is 0.274. The van der Waals surface area contributed by atoms with Crippen LogP contribution in [0.15, 0.2) is 24.3 Å². The van der Waals surface area contributed by atoms with Gasteiger partial charge in [-0.3, -0.25) is 11.3 Å². The smallest absolute Gasteiger partial charge is 0.150 e. The number of halogens is 1. The molecule has 3 atom stereocenters. The van der Waals surface area contributed by atoms with Crippen LogP contribution in [0.5, 0.6) is 0 Å². The maximum atomic E-state index is 13.0. The highest BCUT2D eigenvalue weighted by molar-refractivity contribution is 7.91. The SMILES string of the molecule is CS(=O)(=O)C1CCCC(C(NN)c2ccc(F)cc2)C1. The summed E-state index contributed by atoms with van der Waals surface area (Å²) in [6.45, 7) is 0. The fraction of sp³-hybridized carbons (Fsp3) is 0.571. The van der Waals surface area contributed by atoms with Gasteiger partial charge < -0.3 is 0 Å². The lowest BCUT2D eigenvalue weighted by Gasteiger charge is -2.33. The average molecular weight is 300 g/mol. The van der Waals surface area contributed by atoms with Gasteiger partial charge in [0.15, 0.2) is 0 Å². The second kappa shape index (κ2) is 6.20. The Kier molecular flexibility index (Phi) is 4.78. The lowest BCUT2D eigenvalue weighted by atomic mass is 9.81. The molecule has 1 fully saturated rings. The molecule has 1 aliphatic rings. The van der Waals surface area contributed by atoms with E-state index >= 15 is 0 Å². The highest BCUT2D eigenvalue weighted by Crippen LogP contribution is 2.36. The Bertz CT molecular complexity index is 545. The molecule has 1 saturated carbocycles. The first kappa shape index (κ1) is 15.4. The summed E-state index contributed by atoms with van der Waals surface area (Å²) in [6.07, 6.45) is 4.42. The molecule has 6 heteroatoms. The molecule has 0 amide bonds. The zero-order chi connectivity index (χ0) is 14.8. The summed E-state index contributed by atoms with van der Waals surface area (Å²) in [5, 5.41) is -0.294. The van der Waals surface area contributed by atoms with Gasteiger partial charge in [-0.05, 0) is 42.9 Å². The molecule has 1 aliphatic carbocycles. The Morgan fingerprint density at radius 2 is 1.95 bits per heavy atom. The first-order valence-corrected chi connectivity index (χ1v) is 8.77. The maximum Gasteiger partial charge on any atom is 0.150 e. The third-order valence-corrected chi connectivity index (χ3v) is 5.79. The average Bonchev–Trinajstić information content (AvgIpc) is 2.41. The largest absolute Gasteiger partial charge is 0.271 e. The van der Waals surface area contributed by atoms with Crippen molar-refractivity contribution < 1.29 is 12.8 Å². The van der Waals surface area contributed by atoms with Gasteiger partial charge in [0.1, 0.15) is 15.7 Å². The summed E-state index contributed by atoms with van der Waals surface area (Å²) in [4.78, 5) is 0. The molecule has 1 aromatic rings. The van der Waals surface area contributed by atoms with Crippen LogP contribution in [0.3, 0.4) is 0 Å². The summed E-state index contributed by atoms with van der Waals surface area (Å²) in [5.74, 6) is 5.50. The van der Waals surface area contributed by atoms with Crippen molar-refractivity contribution in [2.45, 2.75) is 37.0 Å². The van der Waals surface area contributed by atoms with Crippen LogP contribution in [-0.2, 0) is 9.84 Å². The number of hydrazine groups is 1. The number of sulfone groups is 1. The zero-order valence-corrected chi connectivity index (χ0v) is 12.4. The van der Waals surface area contributed by atoms with E-state index in [-0.39, 0.29) is 23.0 Å². The van der Waals surface area contributed by atoms with Crippen molar-refractivity contribution in [2.24, 2.45) is 11.8 Å². The van der Waals surface area contributed by atoms with E-state index in [0.29, 0.717) is 6.42 Å². The normalized spacial score (nSPS) is 25.4. The maximum absolute atomic E-state index is 13.0. The minimum atomic E-state index is -3.02. The van der Waals surface area contributed by atoms with Crippen molar-refractivity contribution in [2.75, 3.05) is 6.26 Å². The summed E-state index contributed by atoms with van der Waals surface area (Å²) in [7, 11) is -3.02. The van der Waals surface area contributed by atoms with E-state index in [1.165, 1.54) is 18.4 Å². The fourth-order valence-corrected chi connectivity index (χ4v) is 4.24. The van der Waals surface area contributed by atoms with E-state index in [1.807, 2.05) is 0 Å². The van der Waals surface area contributed by atoms with Gasteiger partial charge in [-0.15, -0.1) is 0 Å². The van der Waals surface area contributed by atoms with Gasteiger partial charge in [-0.2, -0.15) is 0 Å². The van der Waals surface area contributed by atoms with Gasteiger partial charge in [-0.25, -0.2) is 12.8 Å². The van der Waals surface area contributed by atoms with Crippen molar-refractivity contribution in [1.82, 2.24) is 5.43 Å². The van der Waals surface area contributed by atoms with Crippen LogP contribution in [-0.4, -0.2) is 19.9 Å². The first-order chi connectivity index (χ1) is 9.41. The van der Waals surface area contributed by atoms with Gasteiger partial charge in [0.25, 0.3) is 0 Å². The van der Waals surface area contributed by atoms with Gasteiger partial charge in [-0.1, -0.05) is 18.6 Å². The van der Waals surface area contributed by atoms with Crippen LogP contribution in [0.1, 0.15) is 37.3 Å². The number of hydrogen-bond donors (Lipinski definition) is 2. The molecule has 112 valence electrons. The van der Waals surface area contributed by atoms with Gasteiger partial charge in [0, 0.05) is 12.3 Å². The molecule has 3 unspecified atom stereocenters. The third kappa shape index (κ3) is 3.56. The molecular formula is C14H21FN2O2S. The molecule has 0 radical (unpaired) electrons. The number of hydrogen-bond acceptors (Lipinski definition) is 4. The number of rotatable bonds is 4. The molecule has 0 aromatic heterocycles. The molecule has 20 heavy (non-hydrogen) atoms. The van der Waals surface area contributed by atoms with Crippen LogP contribution in [0.4, 0.5) is 4.39 Å². The van der Waals surface area contributed by atoms with Crippen molar-refractivity contribution in [3.63, 3.8) is 0 Å². The van der Waals surface area contributed by atoms with Crippen LogP contribution in [0.25, 0.3) is 0 Å². The Morgan fingerprint density at radius 3 is 2.50 bits per heavy atom. The van der Waals surface area contributed by atoms with E-state index in [0.717, 1.165) is 24.8 Å². The lowest BCUT2D eigenvalue weighted by Crippen LogP contribution is -2.38. The molecule has 1 aromatic carbocycles. The summed E-state index contributed by atoms with van der Waals surface area (Å²) >= 11 is 0. The Hall–Kier alpha value is -0.980. The standard InChI is InChI=1S/C14H21FN2O2S/c1-20(18,19)13-4-2-3-11(9-13)14(17-16)10-5-7-12(15)8-6-10/h5-8,11,13-14,17H,2-4,9,16H2,1H3. The van der Waals surface area contributed by atoms with Crippen LogP contribution < -0.4 is 11.3 Å². The Balaban J connectivity index is 2.17. The van der Waals surface area contributed by atoms with E-state index in [1.54, 1.807) is 12.1 Å². The summed E-state index contributed by atoms with van der Waals surface area (Å²) in [5.41, 5.74) is 3.66. The molecule has 0 heterocycles. The van der Waals surface area contributed by atoms with Crippen LogP contribution in [0, 0.1) is 11.7 Å². The van der Waals surface area contributed by atoms with Gasteiger partial charge in [0.2, 0.25) is 0 Å². The van der Waals surface area contributed by atoms with Crippen molar-refractivity contribution in [3.8, 4) is 0 Å². The number of nitrogens with two attached hydrogens (primary N) is 1. The predicted octanol–water partition coefficient (Wildman–Crippen LogP) is 1.93. The third-order valence-electron chi connectivity index (χ3n) is 4.15. The second-order valence-corrected chi connectivity index (χ2v) is 7.90. The molecule has 2 rings (SSSR count). The summed E-state index contributed by atoms with van der Waals surface area (Å²) < 4.78 is 36.4. The highest BCUT2D eigenvalue weighted by Gasteiger charge is 2.33. The Morgan fingerprint density at radius 1 is 1.30 bits per heavy atom. The molecule has 0 bridgehead atoms. The first-order valence-electron chi connectivity index (χ1n) is 6.82. The van der Waals surface area contributed by atoms with E-state index < -0.39 is 9.84 Å². The van der Waals surface area contributed by atoms with Crippen molar-refractivity contribution in [1.29, 1.82) is 0 Å². The van der Waals surface area contributed by atoms with Gasteiger partial charge >= 0.3 is 0 Å². The predicted molar refractivity (Wildman–Crippen MR) is 77.1 cm³/mol.